The van der Waals surface area contributed by atoms with E-state index in [9.17, 15) is 0 Å². The van der Waals surface area contributed by atoms with E-state index in [0.29, 0.717) is 0 Å². The van der Waals surface area contributed by atoms with Crippen molar-refractivity contribution in [1.82, 2.24) is 9.13 Å². The van der Waals surface area contributed by atoms with Crippen molar-refractivity contribution in [2.75, 3.05) is 4.90 Å². The number of aromatic nitrogens is 2. The summed E-state index contributed by atoms with van der Waals surface area (Å²) in [6.45, 7) is 0. The molecule has 0 amide bonds. The largest absolute Gasteiger partial charge is 0.311 e. The van der Waals surface area contributed by atoms with E-state index >= 15 is 0 Å². The minimum absolute atomic E-state index is 1.08. The first-order valence-electron chi connectivity index (χ1n) is 25.7. The van der Waals surface area contributed by atoms with Gasteiger partial charge in [0, 0.05) is 50.0 Å². The van der Waals surface area contributed by atoms with Crippen molar-refractivity contribution in [1.29, 1.82) is 0 Å². The number of benzene rings is 12. The Morgan fingerprint density at radius 3 is 1.05 bits per heavy atom. The van der Waals surface area contributed by atoms with E-state index in [1.54, 1.807) is 0 Å². The Hall–Kier alpha value is -9.96. The highest BCUT2D eigenvalue weighted by Gasteiger charge is 2.20. The van der Waals surface area contributed by atoms with Gasteiger partial charge in [0.05, 0.1) is 22.1 Å². The Kier molecular flexibility index (Phi) is 10.8. The van der Waals surface area contributed by atoms with Gasteiger partial charge in [-0.25, -0.2) is 0 Å². The van der Waals surface area contributed by atoms with Gasteiger partial charge in [0.25, 0.3) is 0 Å². The number of anilines is 3. The maximum atomic E-state index is 2.43. The summed E-state index contributed by atoms with van der Waals surface area (Å²) in [5.74, 6) is 0. The number of nitrogens with zero attached hydrogens (tertiary/aromatic N) is 3. The van der Waals surface area contributed by atoms with Gasteiger partial charge in [-0.2, -0.15) is 0 Å². The molecule has 0 unspecified atom stereocenters. The molecule has 12 aromatic carbocycles. The zero-order valence-corrected chi connectivity index (χ0v) is 41.1. The third kappa shape index (κ3) is 7.78. The fraction of sp³-hybridized carbons (Fsp3) is 0. The fourth-order valence-electron chi connectivity index (χ4n) is 11.4. The van der Waals surface area contributed by atoms with Crippen LogP contribution in [0.25, 0.3) is 111 Å². The molecule has 0 aliphatic rings. The normalized spacial score (nSPS) is 11.5. The summed E-state index contributed by atoms with van der Waals surface area (Å²) in [7, 11) is 0. The molecule has 0 fully saturated rings. The predicted molar refractivity (Wildman–Crippen MR) is 317 cm³/mol. The lowest BCUT2D eigenvalue weighted by Crippen LogP contribution is -2.10. The molecular weight excluding hydrogens is 907 g/mol. The Labute approximate surface area is 436 Å². The van der Waals surface area contributed by atoms with Crippen molar-refractivity contribution >= 4 is 60.7 Å². The van der Waals surface area contributed by atoms with Gasteiger partial charge in [-0.1, -0.05) is 194 Å². The number of rotatable bonds is 10. The molecule has 0 saturated heterocycles. The van der Waals surface area contributed by atoms with Crippen LogP contribution in [0.15, 0.2) is 297 Å². The summed E-state index contributed by atoms with van der Waals surface area (Å²) in [4.78, 5) is 2.35. The summed E-state index contributed by atoms with van der Waals surface area (Å²) in [6.07, 6.45) is 0. The monoisotopic (exact) mass is 955 g/mol. The summed E-state index contributed by atoms with van der Waals surface area (Å²) < 4.78 is 4.80. The second-order valence-corrected chi connectivity index (χ2v) is 19.3. The molecule has 0 spiro atoms. The van der Waals surface area contributed by atoms with Gasteiger partial charge in [0.2, 0.25) is 0 Å². The molecule has 14 rings (SSSR count). The van der Waals surface area contributed by atoms with Crippen LogP contribution in [0.3, 0.4) is 0 Å². The second-order valence-electron chi connectivity index (χ2n) is 19.3. The third-order valence-electron chi connectivity index (χ3n) is 14.9. The zero-order chi connectivity index (χ0) is 49.7. The van der Waals surface area contributed by atoms with Crippen LogP contribution in [-0.2, 0) is 0 Å². The average molecular weight is 956 g/mol. The molecule has 0 aliphatic carbocycles. The summed E-state index contributed by atoms with van der Waals surface area (Å²) in [5, 5.41) is 4.91. The van der Waals surface area contributed by atoms with Gasteiger partial charge in [-0.3, -0.25) is 0 Å². The van der Waals surface area contributed by atoms with Crippen molar-refractivity contribution in [2.45, 2.75) is 0 Å². The molecular formula is C72H49N3. The van der Waals surface area contributed by atoms with Gasteiger partial charge in [0.15, 0.2) is 0 Å². The Morgan fingerprint density at radius 2 is 0.533 bits per heavy atom. The van der Waals surface area contributed by atoms with Gasteiger partial charge in [-0.15, -0.1) is 0 Å². The van der Waals surface area contributed by atoms with Crippen LogP contribution >= 0.6 is 0 Å². The molecule has 352 valence electrons. The number of hydrogen-bond acceptors (Lipinski definition) is 1. The summed E-state index contributed by atoms with van der Waals surface area (Å²) in [6, 6.07) is 108. The van der Waals surface area contributed by atoms with Gasteiger partial charge < -0.3 is 14.0 Å². The molecule has 0 aliphatic heterocycles. The second kappa shape index (κ2) is 18.6. The first kappa shape index (κ1) is 43.8. The van der Waals surface area contributed by atoms with Crippen LogP contribution in [0, 0.1) is 0 Å². The van der Waals surface area contributed by atoms with Crippen molar-refractivity contribution in [3.63, 3.8) is 0 Å². The van der Waals surface area contributed by atoms with E-state index in [0.717, 1.165) is 39.5 Å². The van der Waals surface area contributed by atoms with Crippen LogP contribution in [0.2, 0.25) is 0 Å². The van der Waals surface area contributed by atoms with Crippen molar-refractivity contribution in [3.05, 3.63) is 297 Å². The minimum Gasteiger partial charge on any atom is -0.311 e. The predicted octanol–water partition coefficient (Wildman–Crippen LogP) is 19.7. The number of para-hydroxylation sites is 3. The van der Waals surface area contributed by atoms with E-state index in [4.69, 9.17) is 0 Å². The van der Waals surface area contributed by atoms with Crippen LogP contribution in [0.4, 0.5) is 17.1 Å². The summed E-state index contributed by atoms with van der Waals surface area (Å²) in [5.41, 5.74) is 22.2. The smallest absolute Gasteiger partial charge is 0.0541 e. The number of fused-ring (bicyclic) bond motifs is 6. The van der Waals surface area contributed by atoms with Crippen LogP contribution < -0.4 is 4.90 Å². The van der Waals surface area contributed by atoms with E-state index in [2.05, 4.69) is 311 Å². The van der Waals surface area contributed by atoms with E-state index in [1.807, 2.05) is 0 Å². The third-order valence-corrected chi connectivity index (χ3v) is 14.9. The van der Waals surface area contributed by atoms with Gasteiger partial charge in [0.1, 0.15) is 0 Å². The van der Waals surface area contributed by atoms with E-state index in [-0.39, 0.29) is 0 Å². The van der Waals surface area contributed by atoms with Crippen LogP contribution in [0.5, 0.6) is 0 Å². The zero-order valence-electron chi connectivity index (χ0n) is 41.1. The Morgan fingerprint density at radius 1 is 0.200 bits per heavy atom. The molecule has 0 saturated carbocycles. The van der Waals surface area contributed by atoms with Crippen molar-refractivity contribution < 1.29 is 0 Å². The molecule has 2 aromatic heterocycles. The van der Waals surface area contributed by atoms with Crippen molar-refractivity contribution in [3.8, 4) is 67.0 Å². The topological polar surface area (TPSA) is 13.1 Å². The standard InChI is InChI=1S/C72H49N3/c1-5-19-51(20-6-1)61-27-13-15-29-63(61)54-36-45-71-67(48-54)68-49-55(64-30-16-14-28-62(64)52-21-7-2-8-22-52)37-46-72(68)75(71)60-42-40-59(41-43-60)73(56-23-9-3-10-24-56)58-38-33-50(34-39-58)53-35-44-70-66(47-53)65-31-17-18-32-69(65)74(70)57-25-11-4-12-26-57/h1-49H. The SMILES string of the molecule is c1ccc(-c2ccccc2-c2ccc3c(c2)c2cc(-c4ccccc4-c4ccccc4)ccc2n3-c2ccc(N(c3ccccc3)c3ccc(-c4ccc5c(c4)c4ccccc4n5-c4ccccc4)cc3)cc2)cc1. The molecule has 0 bridgehead atoms. The molecule has 3 nitrogen and oxygen atoms in total. The number of hydrogen-bond donors (Lipinski definition) is 0. The van der Waals surface area contributed by atoms with Crippen LogP contribution in [0.1, 0.15) is 0 Å². The summed E-state index contributed by atoms with van der Waals surface area (Å²) >= 11 is 0. The van der Waals surface area contributed by atoms with Crippen molar-refractivity contribution in [2.24, 2.45) is 0 Å². The highest BCUT2D eigenvalue weighted by Crippen LogP contribution is 2.43. The first-order chi connectivity index (χ1) is 37.2. The maximum absolute atomic E-state index is 2.43. The fourth-order valence-corrected chi connectivity index (χ4v) is 11.4. The lowest BCUT2D eigenvalue weighted by atomic mass is 9.92. The Bertz CT molecular complexity index is 4220. The molecule has 0 N–H and O–H groups in total. The van der Waals surface area contributed by atoms with E-state index in [1.165, 1.54) is 88.2 Å². The molecule has 75 heavy (non-hydrogen) atoms. The van der Waals surface area contributed by atoms with Crippen LogP contribution in [-0.4, -0.2) is 9.13 Å². The molecule has 0 atom stereocenters. The molecule has 0 radical (unpaired) electrons. The molecule has 3 heteroatoms. The quantitative estimate of drug-likeness (QED) is 0.133. The van der Waals surface area contributed by atoms with Gasteiger partial charge >= 0.3 is 0 Å². The molecule has 2 heterocycles. The molecule has 14 aromatic rings. The average Bonchev–Trinajstić information content (AvgIpc) is 4.01. The highest BCUT2D eigenvalue weighted by atomic mass is 15.1. The minimum atomic E-state index is 1.08. The highest BCUT2D eigenvalue weighted by molar-refractivity contribution is 6.13. The van der Waals surface area contributed by atoms with E-state index < -0.39 is 0 Å². The lowest BCUT2D eigenvalue weighted by Gasteiger charge is -2.26. The lowest BCUT2D eigenvalue weighted by molar-refractivity contribution is 1.17. The van der Waals surface area contributed by atoms with Gasteiger partial charge in [-0.05, 0) is 159 Å². The Balaban J connectivity index is 0.865. The maximum Gasteiger partial charge on any atom is 0.0541 e. The first-order valence-corrected chi connectivity index (χ1v) is 25.7.